The highest BCUT2D eigenvalue weighted by atomic mass is 79.9. The molecule has 0 aliphatic rings. The molecule has 2 aromatic carbocycles. The van der Waals surface area contributed by atoms with E-state index in [0.29, 0.717) is 8.32 Å². The van der Waals surface area contributed by atoms with Gasteiger partial charge in [0.2, 0.25) is 0 Å². The van der Waals surface area contributed by atoms with Crippen LogP contribution in [0, 0.1) is 0 Å². The molecule has 0 fully saturated rings. The van der Waals surface area contributed by atoms with Crippen molar-refractivity contribution in [3.05, 3.63) is 42.2 Å². The molecule has 0 aliphatic carbocycles. The number of hydrogen-bond acceptors (Lipinski definition) is 3. The lowest BCUT2D eigenvalue weighted by Crippen LogP contribution is -1.88. The van der Waals surface area contributed by atoms with Gasteiger partial charge in [-0.1, -0.05) is 43.6 Å². The van der Waals surface area contributed by atoms with Gasteiger partial charge in [-0.15, -0.1) is 23.5 Å². The van der Waals surface area contributed by atoms with E-state index < -0.39 is 0 Å². The molecule has 0 heterocycles. The van der Waals surface area contributed by atoms with E-state index in [2.05, 4.69) is 134 Å². The first-order valence-corrected chi connectivity index (χ1v) is 14.5. The van der Waals surface area contributed by atoms with Crippen molar-refractivity contribution in [2.24, 2.45) is 0 Å². The molecule has 2 atom stereocenters. The molecule has 2 rings (SSSR count). The van der Waals surface area contributed by atoms with Crippen molar-refractivity contribution in [1.29, 1.82) is 0 Å². The van der Waals surface area contributed by atoms with Gasteiger partial charge in [-0.3, -0.25) is 0 Å². The maximum absolute atomic E-state index is 3.74. The summed E-state index contributed by atoms with van der Waals surface area (Å²) in [5.41, 5.74) is 0. The van der Waals surface area contributed by atoms with Gasteiger partial charge in [0.25, 0.3) is 0 Å². The molecule has 0 saturated heterocycles. The fourth-order valence-electron chi connectivity index (χ4n) is 1.84. The van der Waals surface area contributed by atoms with E-state index in [0.717, 1.165) is 17.9 Å². The van der Waals surface area contributed by atoms with Crippen molar-refractivity contribution in [3.8, 4) is 0 Å². The number of alkyl halides is 2. The Bertz CT molecular complexity index is 701. The van der Waals surface area contributed by atoms with E-state index in [-0.39, 0.29) is 0 Å². The summed E-state index contributed by atoms with van der Waals surface area (Å²) >= 11 is 27.3. The number of hydrogen-bond donors (Lipinski definition) is 0. The van der Waals surface area contributed by atoms with E-state index in [4.69, 9.17) is 0 Å². The van der Waals surface area contributed by atoms with Crippen molar-refractivity contribution in [3.63, 3.8) is 0 Å². The average molecular weight is 780 g/mol. The molecule has 0 N–H and O–H groups in total. The van der Waals surface area contributed by atoms with Gasteiger partial charge in [0.05, 0.1) is 8.32 Å². The minimum absolute atomic E-state index is 0.362. The Balaban J connectivity index is 2.31. The van der Waals surface area contributed by atoms with E-state index in [1.807, 2.05) is 0 Å². The first-order valence-electron chi connectivity index (χ1n) is 6.96. The molecule has 0 amide bonds. The van der Waals surface area contributed by atoms with Crippen LogP contribution in [0.4, 0.5) is 0 Å². The Labute approximate surface area is 212 Å². The van der Waals surface area contributed by atoms with Crippen molar-refractivity contribution in [1.82, 2.24) is 0 Å². The molecule has 0 spiro atoms. The summed E-state index contributed by atoms with van der Waals surface area (Å²) in [5.74, 6) is 0. The fourth-order valence-corrected chi connectivity index (χ4v) is 8.30. The molecule has 9 heteroatoms. The zero-order valence-electron chi connectivity index (χ0n) is 13.0. The van der Waals surface area contributed by atoms with Crippen LogP contribution in [0.1, 0.15) is 13.8 Å². The summed E-state index contributed by atoms with van der Waals surface area (Å²) < 4.78 is 5.05. The van der Waals surface area contributed by atoms with Crippen LogP contribution in [0.25, 0.3) is 0 Å². The van der Waals surface area contributed by atoms with Gasteiger partial charge in [0.15, 0.2) is 0 Å². The van der Waals surface area contributed by atoms with E-state index in [1.54, 1.807) is 35.3 Å². The minimum Gasteiger partial charge on any atom is -0.110 e. The minimum atomic E-state index is 0.362. The Hall–Kier alpha value is 2.37. The lowest BCUT2D eigenvalue weighted by atomic mass is 10.4. The molecule has 0 aliphatic heterocycles. The predicted molar refractivity (Wildman–Crippen MR) is 136 cm³/mol. The van der Waals surface area contributed by atoms with Gasteiger partial charge in [-0.05, 0) is 102 Å². The zero-order valence-corrected chi connectivity index (χ0v) is 24.9. The van der Waals surface area contributed by atoms with Crippen LogP contribution < -0.4 is 0 Å². The summed E-state index contributed by atoms with van der Waals surface area (Å²) in [6.07, 6.45) is 0. The maximum atomic E-state index is 3.74. The topological polar surface area (TPSA) is 0 Å². The Morgan fingerprint density at radius 3 is 1.20 bits per heavy atom. The lowest BCUT2D eigenvalue weighted by Gasteiger charge is -2.14. The van der Waals surface area contributed by atoms with Gasteiger partial charge in [-0.2, -0.15) is 0 Å². The smallest absolute Gasteiger partial charge is 0.0619 e. The van der Waals surface area contributed by atoms with Crippen LogP contribution in [0.2, 0.25) is 0 Å². The second-order valence-electron chi connectivity index (χ2n) is 4.80. The summed E-state index contributed by atoms with van der Waals surface area (Å²) in [7, 11) is 0. The first kappa shape index (κ1) is 23.6. The molecule has 0 aromatic heterocycles. The summed E-state index contributed by atoms with van der Waals surface area (Å²) in [4.78, 5) is 4.75. The number of rotatable bonds is 6. The van der Waals surface area contributed by atoms with Crippen molar-refractivity contribution in [2.75, 3.05) is 0 Å². The second kappa shape index (κ2) is 11.0. The molecule has 0 radical (unpaired) electrons. The van der Waals surface area contributed by atoms with Crippen LogP contribution in [-0.4, -0.2) is 8.32 Å². The van der Waals surface area contributed by atoms with E-state index in [1.165, 1.54) is 19.6 Å². The van der Waals surface area contributed by atoms with Gasteiger partial charge in [0, 0.05) is 37.5 Å². The number of halogens is 6. The van der Waals surface area contributed by atoms with Crippen LogP contribution in [0.15, 0.2) is 61.7 Å². The van der Waals surface area contributed by atoms with Crippen LogP contribution in [-0.2, 0) is 0 Å². The van der Waals surface area contributed by atoms with Gasteiger partial charge in [0.1, 0.15) is 0 Å². The van der Waals surface area contributed by atoms with Crippen LogP contribution >= 0.6 is 131 Å². The molecule has 0 nitrogen and oxygen atoms in total. The molecular weight excluding hydrogens is 768 g/mol. The quantitative estimate of drug-likeness (QED) is 0.212. The Kier molecular flexibility index (Phi) is 10.4. The van der Waals surface area contributed by atoms with Gasteiger partial charge in [-0.25, -0.2) is 0 Å². The van der Waals surface area contributed by atoms with Crippen LogP contribution in [0.3, 0.4) is 0 Å². The summed E-state index contributed by atoms with van der Waals surface area (Å²) in [6.45, 7) is 4.24. The molecule has 25 heavy (non-hydrogen) atoms. The molecule has 0 bridgehead atoms. The van der Waals surface area contributed by atoms with E-state index >= 15 is 0 Å². The highest BCUT2D eigenvalue weighted by molar-refractivity contribution is 9.13. The third kappa shape index (κ3) is 6.69. The molecule has 2 unspecified atom stereocenters. The summed E-state index contributed by atoms with van der Waals surface area (Å²) in [6, 6.07) is 8.61. The van der Waals surface area contributed by atoms with Crippen LogP contribution in [0.5, 0.6) is 0 Å². The molecular formula is C16H12Br6S3. The van der Waals surface area contributed by atoms with Crippen molar-refractivity contribution >= 4 is 131 Å². The third-order valence-corrected chi connectivity index (χ3v) is 12.3. The number of benzene rings is 2. The Morgan fingerprint density at radius 2 is 0.880 bits per heavy atom. The first-order chi connectivity index (χ1) is 11.7. The normalized spacial score (nSPS) is 13.8. The van der Waals surface area contributed by atoms with Gasteiger partial charge < -0.3 is 0 Å². The molecule has 0 saturated carbocycles. The highest BCUT2D eigenvalue weighted by Crippen LogP contribution is 2.47. The molecule has 136 valence electrons. The second-order valence-corrected chi connectivity index (χ2v) is 15.8. The zero-order chi connectivity index (χ0) is 18.7. The lowest BCUT2D eigenvalue weighted by molar-refractivity contribution is 1.23. The SMILES string of the molecule is CC(Br)Sc1ccc(Sc2ccc(SC(C)Br)c(Br)c2Br)c(Br)c1Br. The van der Waals surface area contributed by atoms with Crippen molar-refractivity contribution in [2.45, 2.75) is 41.7 Å². The van der Waals surface area contributed by atoms with E-state index in [9.17, 15) is 0 Å². The van der Waals surface area contributed by atoms with Gasteiger partial charge >= 0.3 is 0 Å². The maximum Gasteiger partial charge on any atom is 0.0619 e. The summed E-state index contributed by atoms with van der Waals surface area (Å²) in [5, 5.41) is 0. The average Bonchev–Trinajstić information content (AvgIpc) is 2.53. The molecule has 2 aromatic rings. The van der Waals surface area contributed by atoms with Crippen molar-refractivity contribution < 1.29 is 0 Å². The Morgan fingerprint density at radius 1 is 0.600 bits per heavy atom. The fraction of sp³-hybridized carbons (Fsp3) is 0.250. The standard InChI is InChI=1S/C16H12Br6S3/c1-7(17)23-9-3-5-11(15(21)13(9)19)25-12-6-4-10(24-8(2)18)14(20)16(12)22/h3-8H,1-2H3. The highest BCUT2D eigenvalue weighted by Gasteiger charge is 2.16. The third-order valence-electron chi connectivity index (χ3n) is 2.82. The largest absolute Gasteiger partial charge is 0.110 e. The number of thioether (sulfide) groups is 2. The predicted octanol–water partition coefficient (Wildman–Crippen LogP) is 10.6. The monoisotopic (exact) mass is 774 g/mol.